The number of piperazine rings is 1. The van der Waals surface area contributed by atoms with Gasteiger partial charge in [-0.3, -0.25) is 9.36 Å². The molecule has 1 aliphatic heterocycles. The van der Waals surface area contributed by atoms with Crippen LogP contribution in [0.25, 0.3) is 11.2 Å². The van der Waals surface area contributed by atoms with Crippen molar-refractivity contribution in [3.8, 4) is 0 Å². The molecular formula is C23H24N6O2. The lowest BCUT2D eigenvalue weighted by molar-refractivity contribution is 0.581. The third-order valence-electron chi connectivity index (χ3n) is 5.82. The highest BCUT2D eigenvalue weighted by Crippen LogP contribution is 2.25. The molecule has 31 heavy (non-hydrogen) atoms. The summed E-state index contributed by atoms with van der Waals surface area (Å²) in [5.74, 6) is 0.623. The molecule has 1 aliphatic rings. The Labute approximate surface area is 178 Å². The first-order valence-electron chi connectivity index (χ1n) is 10.4. The van der Waals surface area contributed by atoms with E-state index in [9.17, 15) is 9.59 Å². The standard InChI is InChI=1S/C23H24N6O2/c1-27-20-18(25-22(26-20)28-14-12-24-13-15-28)21(30)29(23(27)31)19(16-8-4-2-5-9-16)17-10-6-3-7-11-17/h2-11,19,24H,12-15H2,1H3,(H,25,26). The van der Waals surface area contributed by atoms with Gasteiger partial charge in [-0.1, -0.05) is 60.7 Å². The number of rotatable bonds is 4. The second-order valence-corrected chi connectivity index (χ2v) is 7.74. The zero-order valence-electron chi connectivity index (χ0n) is 17.3. The van der Waals surface area contributed by atoms with E-state index in [1.807, 2.05) is 60.7 Å². The Morgan fingerprint density at radius 1 is 0.903 bits per heavy atom. The van der Waals surface area contributed by atoms with E-state index in [1.165, 1.54) is 9.13 Å². The second kappa shape index (κ2) is 7.88. The number of fused-ring (bicyclic) bond motifs is 1. The number of anilines is 1. The van der Waals surface area contributed by atoms with Gasteiger partial charge in [-0.25, -0.2) is 9.36 Å². The summed E-state index contributed by atoms with van der Waals surface area (Å²) in [5, 5.41) is 3.31. The zero-order valence-corrected chi connectivity index (χ0v) is 17.3. The Morgan fingerprint density at radius 3 is 2.06 bits per heavy atom. The molecule has 8 heteroatoms. The quantitative estimate of drug-likeness (QED) is 0.526. The fraction of sp³-hybridized carbons (Fsp3) is 0.261. The summed E-state index contributed by atoms with van der Waals surface area (Å²) in [6.07, 6.45) is 0. The molecule has 2 aromatic heterocycles. The Hall–Kier alpha value is -3.65. The van der Waals surface area contributed by atoms with Crippen molar-refractivity contribution in [2.45, 2.75) is 6.04 Å². The molecule has 0 saturated carbocycles. The summed E-state index contributed by atoms with van der Waals surface area (Å²) < 4.78 is 2.78. The van der Waals surface area contributed by atoms with E-state index in [0.717, 1.165) is 37.3 Å². The van der Waals surface area contributed by atoms with E-state index in [-0.39, 0.29) is 5.56 Å². The van der Waals surface area contributed by atoms with Gasteiger partial charge in [-0.15, -0.1) is 0 Å². The summed E-state index contributed by atoms with van der Waals surface area (Å²) in [5.41, 5.74) is 1.69. The van der Waals surface area contributed by atoms with Crippen LogP contribution >= 0.6 is 0 Å². The van der Waals surface area contributed by atoms with Crippen molar-refractivity contribution in [1.82, 2.24) is 24.4 Å². The van der Waals surface area contributed by atoms with Crippen LogP contribution in [0.4, 0.5) is 5.95 Å². The van der Waals surface area contributed by atoms with Crippen LogP contribution in [0.5, 0.6) is 0 Å². The monoisotopic (exact) mass is 416 g/mol. The molecule has 4 aromatic rings. The maximum Gasteiger partial charge on any atom is 0.333 e. The van der Waals surface area contributed by atoms with Crippen LogP contribution in [0.15, 0.2) is 70.3 Å². The number of nitrogens with one attached hydrogen (secondary N) is 2. The number of aryl methyl sites for hydroxylation is 1. The van der Waals surface area contributed by atoms with Gasteiger partial charge in [-0.2, -0.15) is 4.98 Å². The van der Waals surface area contributed by atoms with Crippen LogP contribution < -0.4 is 21.5 Å². The average molecular weight is 416 g/mol. The molecule has 158 valence electrons. The topological polar surface area (TPSA) is 88.0 Å². The Bertz CT molecular complexity index is 1280. The Morgan fingerprint density at radius 2 is 1.48 bits per heavy atom. The third kappa shape index (κ3) is 3.34. The number of benzene rings is 2. The molecule has 2 N–H and O–H groups in total. The first-order valence-corrected chi connectivity index (χ1v) is 10.4. The van der Waals surface area contributed by atoms with Gasteiger partial charge in [0.1, 0.15) is 0 Å². The SMILES string of the molecule is Cn1c(=O)n(C(c2ccccc2)c2ccccc2)c(=O)c2[nH]c(N3CCNCC3)nc21. The largest absolute Gasteiger partial charge is 0.340 e. The molecule has 0 unspecified atom stereocenters. The number of aromatic nitrogens is 4. The first-order chi connectivity index (χ1) is 15.1. The molecule has 0 bridgehead atoms. The molecule has 0 atom stereocenters. The van der Waals surface area contributed by atoms with E-state index in [4.69, 9.17) is 0 Å². The maximum atomic E-state index is 13.6. The lowest BCUT2D eigenvalue weighted by Gasteiger charge is -2.26. The molecule has 1 saturated heterocycles. The fourth-order valence-corrected chi connectivity index (χ4v) is 4.22. The molecule has 1 fully saturated rings. The predicted molar refractivity (Wildman–Crippen MR) is 121 cm³/mol. The van der Waals surface area contributed by atoms with Crippen LogP contribution in [-0.2, 0) is 7.05 Å². The number of H-pyrrole nitrogens is 1. The third-order valence-corrected chi connectivity index (χ3v) is 5.82. The number of nitrogens with zero attached hydrogens (tertiary/aromatic N) is 4. The number of aromatic amines is 1. The van der Waals surface area contributed by atoms with Crippen LogP contribution in [0.1, 0.15) is 17.2 Å². The van der Waals surface area contributed by atoms with Crippen molar-refractivity contribution < 1.29 is 0 Å². The van der Waals surface area contributed by atoms with E-state index in [0.29, 0.717) is 17.1 Å². The molecule has 3 heterocycles. The lowest BCUT2D eigenvalue weighted by atomic mass is 9.98. The molecule has 0 aliphatic carbocycles. The van der Waals surface area contributed by atoms with Gasteiger partial charge >= 0.3 is 5.69 Å². The van der Waals surface area contributed by atoms with E-state index < -0.39 is 11.7 Å². The highest BCUT2D eigenvalue weighted by Gasteiger charge is 2.25. The molecule has 2 aromatic carbocycles. The average Bonchev–Trinajstić information content (AvgIpc) is 3.28. The molecule has 5 rings (SSSR count). The van der Waals surface area contributed by atoms with Crippen molar-refractivity contribution >= 4 is 17.1 Å². The van der Waals surface area contributed by atoms with Gasteiger partial charge < -0.3 is 15.2 Å². The lowest BCUT2D eigenvalue weighted by Crippen LogP contribution is -2.44. The smallest absolute Gasteiger partial charge is 0.333 e. The van der Waals surface area contributed by atoms with Crippen LogP contribution in [0.2, 0.25) is 0 Å². The van der Waals surface area contributed by atoms with Crippen LogP contribution in [0.3, 0.4) is 0 Å². The summed E-state index contributed by atoms with van der Waals surface area (Å²) in [6, 6.07) is 18.7. The van der Waals surface area contributed by atoms with Crippen LogP contribution in [0, 0.1) is 0 Å². The highest BCUT2D eigenvalue weighted by molar-refractivity contribution is 5.73. The number of hydrogen-bond acceptors (Lipinski definition) is 5. The Balaban J connectivity index is 1.74. The van der Waals surface area contributed by atoms with Crippen molar-refractivity contribution in [1.29, 1.82) is 0 Å². The minimum absolute atomic E-state index is 0.340. The summed E-state index contributed by atoms with van der Waals surface area (Å²) in [4.78, 5) is 36.9. The molecule has 0 amide bonds. The van der Waals surface area contributed by atoms with Gasteiger partial charge in [0.05, 0.1) is 6.04 Å². The van der Waals surface area contributed by atoms with Gasteiger partial charge in [0.2, 0.25) is 5.95 Å². The van der Waals surface area contributed by atoms with Gasteiger partial charge in [0, 0.05) is 33.2 Å². The molecule has 0 radical (unpaired) electrons. The number of hydrogen-bond donors (Lipinski definition) is 2. The fourth-order valence-electron chi connectivity index (χ4n) is 4.22. The number of imidazole rings is 1. The van der Waals surface area contributed by atoms with Gasteiger partial charge in [0.25, 0.3) is 5.56 Å². The highest BCUT2D eigenvalue weighted by atomic mass is 16.2. The van der Waals surface area contributed by atoms with E-state index in [2.05, 4.69) is 20.2 Å². The molecule has 8 nitrogen and oxygen atoms in total. The first kappa shape index (κ1) is 19.3. The van der Waals surface area contributed by atoms with Gasteiger partial charge in [0.15, 0.2) is 11.2 Å². The van der Waals surface area contributed by atoms with E-state index >= 15 is 0 Å². The summed E-state index contributed by atoms with van der Waals surface area (Å²) in [6.45, 7) is 3.28. The molecule has 0 spiro atoms. The van der Waals surface area contributed by atoms with Crippen molar-refractivity contribution in [2.75, 3.05) is 31.1 Å². The van der Waals surface area contributed by atoms with Crippen molar-refractivity contribution in [3.05, 3.63) is 92.6 Å². The predicted octanol–water partition coefficient (Wildman–Crippen LogP) is 1.47. The minimum Gasteiger partial charge on any atom is -0.340 e. The zero-order chi connectivity index (χ0) is 21.4. The van der Waals surface area contributed by atoms with Gasteiger partial charge in [-0.05, 0) is 11.1 Å². The second-order valence-electron chi connectivity index (χ2n) is 7.74. The minimum atomic E-state index is -0.538. The maximum absolute atomic E-state index is 13.6. The normalized spacial score (nSPS) is 14.5. The summed E-state index contributed by atoms with van der Waals surface area (Å²) in [7, 11) is 1.66. The van der Waals surface area contributed by atoms with Crippen molar-refractivity contribution in [2.24, 2.45) is 7.05 Å². The Kier molecular flexibility index (Phi) is 4.91. The summed E-state index contributed by atoms with van der Waals surface area (Å²) >= 11 is 0. The van der Waals surface area contributed by atoms with E-state index in [1.54, 1.807) is 7.05 Å². The van der Waals surface area contributed by atoms with Crippen LogP contribution in [-0.4, -0.2) is 45.3 Å². The van der Waals surface area contributed by atoms with Crippen molar-refractivity contribution in [3.63, 3.8) is 0 Å². The molecular weight excluding hydrogens is 392 g/mol.